The van der Waals surface area contributed by atoms with Crippen LogP contribution in [-0.4, -0.2) is 17.7 Å². The van der Waals surface area contributed by atoms with Gasteiger partial charge < -0.3 is 5.32 Å². The maximum Gasteiger partial charge on any atom is 0.251 e. The number of aliphatic imine (C=N–C) groups is 1. The highest BCUT2D eigenvalue weighted by Crippen LogP contribution is 2.40. The van der Waals surface area contributed by atoms with Crippen molar-refractivity contribution in [1.29, 1.82) is 0 Å². The topological polar surface area (TPSA) is 41.5 Å². The molecular weight excluding hydrogens is 316 g/mol. The largest absolute Gasteiger partial charge is 0.350 e. The van der Waals surface area contributed by atoms with Crippen LogP contribution in [0.3, 0.4) is 0 Å². The fourth-order valence-electron chi connectivity index (χ4n) is 2.62. The molecule has 3 nitrogen and oxygen atoms in total. The predicted molar refractivity (Wildman–Crippen MR) is 101 cm³/mol. The summed E-state index contributed by atoms with van der Waals surface area (Å²) in [5.74, 6) is -0.0393. The van der Waals surface area contributed by atoms with Crippen molar-refractivity contribution in [2.75, 3.05) is 0 Å². The van der Waals surface area contributed by atoms with Gasteiger partial charge in [0.05, 0.1) is 5.69 Å². The third kappa shape index (κ3) is 3.39. The van der Waals surface area contributed by atoms with E-state index in [0.29, 0.717) is 5.56 Å². The summed E-state index contributed by atoms with van der Waals surface area (Å²) in [5.41, 5.74) is 4.90. The Morgan fingerprint density at radius 2 is 1.92 bits per heavy atom. The van der Waals surface area contributed by atoms with E-state index in [0.717, 1.165) is 22.7 Å². The molecule has 0 saturated carbocycles. The number of aryl methyl sites for hydroxylation is 1. The second-order valence-electron chi connectivity index (χ2n) is 6.26. The van der Waals surface area contributed by atoms with Crippen molar-refractivity contribution in [2.45, 2.75) is 49.9 Å². The normalized spacial score (nSPS) is 14.1. The lowest BCUT2D eigenvalue weighted by molar-refractivity contribution is 0.0939. The molecule has 1 heterocycles. The van der Waals surface area contributed by atoms with Gasteiger partial charge in [-0.3, -0.25) is 9.79 Å². The average molecular weight is 338 g/mol. The van der Waals surface area contributed by atoms with Crippen molar-refractivity contribution in [1.82, 2.24) is 5.32 Å². The maximum absolute atomic E-state index is 12.4. The van der Waals surface area contributed by atoms with E-state index in [2.05, 4.69) is 37.4 Å². The standard InChI is InChI=1S/C20H22N2OS/c1-5-13(3)21-20(23)15-7-9-19-17(11-15)22-14(4)16-10-12(2)6-8-18(16)24-19/h6-11,13H,5H2,1-4H3,(H,21,23)/t13-/m1/s1. The van der Waals surface area contributed by atoms with Crippen LogP contribution < -0.4 is 5.32 Å². The molecule has 0 radical (unpaired) electrons. The molecule has 1 N–H and O–H groups in total. The summed E-state index contributed by atoms with van der Waals surface area (Å²) in [6.45, 7) is 8.19. The van der Waals surface area contributed by atoms with Gasteiger partial charge in [-0.1, -0.05) is 30.3 Å². The number of hydrogen-bond donors (Lipinski definition) is 1. The van der Waals surface area contributed by atoms with Gasteiger partial charge in [0.2, 0.25) is 0 Å². The Labute approximate surface area is 147 Å². The van der Waals surface area contributed by atoms with E-state index in [9.17, 15) is 4.79 Å². The summed E-state index contributed by atoms with van der Waals surface area (Å²) in [7, 11) is 0. The SMILES string of the molecule is CC[C@@H](C)NC(=O)c1ccc2c(c1)N=C(C)c1cc(C)ccc1S2. The summed E-state index contributed by atoms with van der Waals surface area (Å²) in [6, 6.07) is 12.4. The number of hydrogen-bond acceptors (Lipinski definition) is 3. The Kier molecular flexibility index (Phi) is 4.76. The Morgan fingerprint density at radius 1 is 1.17 bits per heavy atom. The van der Waals surface area contributed by atoms with Crippen molar-refractivity contribution < 1.29 is 4.79 Å². The highest BCUT2D eigenvalue weighted by molar-refractivity contribution is 7.99. The minimum atomic E-state index is -0.0393. The molecule has 1 atom stereocenters. The number of nitrogens with zero attached hydrogens (tertiary/aromatic N) is 1. The first-order chi connectivity index (χ1) is 11.5. The first kappa shape index (κ1) is 16.8. The molecule has 2 aromatic rings. The van der Waals surface area contributed by atoms with Crippen LogP contribution in [-0.2, 0) is 0 Å². The van der Waals surface area contributed by atoms with Gasteiger partial charge in [0.1, 0.15) is 0 Å². The van der Waals surface area contributed by atoms with Gasteiger partial charge in [-0.25, -0.2) is 0 Å². The lowest BCUT2D eigenvalue weighted by atomic mass is 10.1. The van der Waals surface area contributed by atoms with Gasteiger partial charge in [0.25, 0.3) is 5.91 Å². The third-order valence-electron chi connectivity index (χ3n) is 4.24. The van der Waals surface area contributed by atoms with E-state index in [-0.39, 0.29) is 11.9 Å². The summed E-state index contributed by atoms with van der Waals surface area (Å²) in [5, 5.41) is 3.01. The molecule has 0 bridgehead atoms. The van der Waals surface area contributed by atoms with Crippen LogP contribution in [0.1, 0.15) is 48.7 Å². The lowest BCUT2D eigenvalue weighted by Gasteiger charge is -2.12. The molecule has 0 aromatic heterocycles. The monoisotopic (exact) mass is 338 g/mol. The van der Waals surface area contributed by atoms with Crippen LogP contribution >= 0.6 is 11.8 Å². The number of benzene rings is 2. The molecular formula is C20H22N2OS. The number of nitrogens with one attached hydrogen (secondary N) is 1. The molecule has 3 rings (SSSR count). The smallest absolute Gasteiger partial charge is 0.251 e. The maximum atomic E-state index is 12.4. The number of fused-ring (bicyclic) bond motifs is 2. The van der Waals surface area contributed by atoms with E-state index in [1.54, 1.807) is 11.8 Å². The van der Waals surface area contributed by atoms with Crippen LogP contribution in [0.25, 0.3) is 0 Å². The van der Waals surface area contributed by atoms with Gasteiger partial charge >= 0.3 is 0 Å². The van der Waals surface area contributed by atoms with Gasteiger partial charge in [0.15, 0.2) is 0 Å². The van der Waals surface area contributed by atoms with E-state index >= 15 is 0 Å². The third-order valence-corrected chi connectivity index (χ3v) is 5.38. The predicted octanol–water partition coefficient (Wildman–Crippen LogP) is 5.13. The first-order valence-corrected chi connectivity index (χ1v) is 9.08. The highest BCUT2D eigenvalue weighted by Gasteiger charge is 2.17. The molecule has 2 aromatic carbocycles. The second-order valence-corrected chi connectivity index (χ2v) is 7.35. The molecule has 1 aliphatic rings. The molecule has 1 aliphatic heterocycles. The highest BCUT2D eigenvalue weighted by atomic mass is 32.2. The van der Waals surface area contributed by atoms with Crippen LogP contribution in [0.4, 0.5) is 5.69 Å². The van der Waals surface area contributed by atoms with Gasteiger partial charge in [-0.15, -0.1) is 0 Å². The summed E-state index contributed by atoms with van der Waals surface area (Å²) in [6.07, 6.45) is 0.915. The van der Waals surface area contributed by atoms with Gasteiger partial charge in [0, 0.05) is 32.7 Å². The molecule has 0 fully saturated rings. The van der Waals surface area contributed by atoms with Crippen molar-refractivity contribution >= 4 is 29.1 Å². The number of amides is 1. The van der Waals surface area contributed by atoms with Crippen LogP contribution in [0.5, 0.6) is 0 Å². The first-order valence-electron chi connectivity index (χ1n) is 8.27. The van der Waals surface area contributed by atoms with E-state index < -0.39 is 0 Å². The average Bonchev–Trinajstić information content (AvgIpc) is 2.70. The Hall–Kier alpha value is -2.07. The van der Waals surface area contributed by atoms with Crippen molar-refractivity contribution in [3.63, 3.8) is 0 Å². The van der Waals surface area contributed by atoms with Crippen molar-refractivity contribution in [2.24, 2.45) is 4.99 Å². The molecule has 0 saturated heterocycles. The quantitative estimate of drug-likeness (QED) is 0.843. The lowest BCUT2D eigenvalue weighted by Crippen LogP contribution is -2.31. The number of carbonyl (C=O) groups is 1. The zero-order valence-electron chi connectivity index (χ0n) is 14.5. The molecule has 24 heavy (non-hydrogen) atoms. The Morgan fingerprint density at radius 3 is 2.67 bits per heavy atom. The molecule has 124 valence electrons. The fraction of sp³-hybridized carbons (Fsp3) is 0.300. The Balaban J connectivity index is 1.98. The van der Waals surface area contributed by atoms with E-state index in [1.165, 1.54) is 16.0 Å². The van der Waals surface area contributed by atoms with Gasteiger partial charge in [-0.05, 0) is 57.5 Å². The van der Waals surface area contributed by atoms with E-state index in [4.69, 9.17) is 4.99 Å². The number of carbonyl (C=O) groups excluding carboxylic acids is 1. The Bertz CT molecular complexity index is 826. The molecule has 0 unspecified atom stereocenters. The minimum Gasteiger partial charge on any atom is -0.350 e. The van der Waals surface area contributed by atoms with Gasteiger partial charge in [-0.2, -0.15) is 0 Å². The van der Waals surface area contributed by atoms with Crippen LogP contribution in [0, 0.1) is 6.92 Å². The summed E-state index contributed by atoms with van der Waals surface area (Å²) in [4.78, 5) is 19.4. The number of rotatable bonds is 3. The van der Waals surface area contributed by atoms with Crippen molar-refractivity contribution in [3.05, 3.63) is 53.1 Å². The zero-order chi connectivity index (χ0) is 17.3. The summed E-state index contributed by atoms with van der Waals surface area (Å²) < 4.78 is 0. The molecule has 4 heteroatoms. The van der Waals surface area contributed by atoms with Crippen molar-refractivity contribution in [3.8, 4) is 0 Å². The zero-order valence-corrected chi connectivity index (χ0v) is 15.3. The second kappa shape index (κ2) is 6.81. The molecule has 0 spiro atoms. The van der Waals surface area contributed by atoms with Crippen LogP contribution in [0.2, 0.25) is 0 Å². The minimum absolute atomic E-state index is 0.0393. The molecule has 0 aliphatic carbocycles. The summed E-state index contributed by atoms with van der Waals surface area (Å²) >= 11 is 1.71. The van der Waals surface area contributed by atoms with E-state index in [1.807, 2.05) is 32.0 Å². The fourth-order valence-corrected chi connectivity index (χ4v) is 3.65. The van der Waals surface area contributed by atoms with Crippen LogP contribution in [0.15, 0.2) is 51.2 Å². The molecule has 1 amide bonds.